The Balaban J connectivity index is 1.41. The van der Waals surface area contributed by atoms with E-state index in [2.05, 4.69) is 26.8 Å². The fraction of sp³-hybridized carbons (Fsp3) is 0.353. The van der Waals surface area contributed by atoms with E-state index in [1.807, 2.05) is 16.8 Å². The van der Waals surface area contributed by atoms with Crippen LogP contribution in [0.4, 0.5) is 8.78 Å². The number of allylic oxidation sites excluding steroid dienone is 1. The van der Waals surface area contributed by atoms with Gasteiger partial charge >= 0.3 is 0 Å². The molecule has 1 aliphatic rings. The molecule has 4 rings (SSSR count). The standard InChI is InChI=1S/C17H17F2N5O/c1-10(23-16(25)11-6-17(18,19)7-11)3-5-24-9-22-13-8-21-15-12(14(13)24)2-4-20-15/h2,4,8-9,11H,1,3,5-7H2,(H,20,21)(H,23,25). The number of aromatic amines is 1. The van der Waals surface area contributed by atoms with Gasteiger partial charge in [0.2, 0.25) is 11.8 Å². The fourth-order valence-electron chi connectivity index (χ4n) is 3.18. The van der Waals surface area contributed by atoms with Gasteiger partial charge < -0.3 is 14.9 Å². The number of aryl methyl sites for hydroxylation is 1. The second-order valence-corrected chi connectivity index (χ2v) is 6.47. The number of carbonyl (C=O) groups excluding carboxylic acids is 1. The maximum absolute atomic E-state index is 12.8. The Bertz CT molecular complexity index is 966. The van der Waals surface area contributed by atoms with Gasteiger partial charge in [-0.2, -0.15) is 0 Å². The van der Waals surface area contributed by atoms with Gasteiger partial charge in [-0.1, -0.05) is 6.58 Å². The van der Waals surface area contributed by atoms with Crippen LogP contribution >= 0.6 is 0 Å². The molecule has 0 atom stereocenters. The second-order valence-electron chi connectivity index (χ2n) is 6.47. The third-order valence-corrected chi connectivity index (χ3v) is 4.58. The quantitative estimate of drug-likeness (QED) is 0.746. The number of hydrogen-bond acceptors (Lipinski definition) is 3. The normalized spacial score (nSPS) is 16.9. The first-order valence-corrected chi connectivity index (χ1v) is 8.06. The van der Waals surface area contributed by atoms with Crippen molar-refractivity contribution in [1.82, 2.24) is 24.8 Å². The Hall–Kier alpha value is -2.77. The van der Waals surface area contributed by atoms with Gasteiger partial charge in [0.15, 0.2) is 0 Å². The Morgan fingerprint density at radius 1 is 1.44 bits per heavy atom. The molecule has 25 heavy (non-hydrogen) atoms. The van der Waals surface area contributed by atoms with Crippen molar-refractivity contribution in [1.29, 1.82) is 0 Å². The largest absolute Gasteiger partial charge is 0.346 e. The number of alkyl halides is 2. The third-order valence-electron chi connectivity index (χ3n) is 4.58. The van der Waals surface area contributed by atoms with Crippen molar-refractivity contribution >= 4 is 28.0 Å². The van der Waals surface area contributed by atoms with E-state index in [-0.39, 0.29) is 18.7 Å². The first-order chi connectivity index (χ1) is 11.9. The summed E-state index contributed by atoms with van der Waals surface area (Å²) >= 11 is 0. The van der Waals surface area contributed by atoms with E-state index in [1.54, 1.807) is 12.5 Å². The van der Waals surface area contributed by atoms with Crippen molar-refractivity contribution in [2.24, 2.45) is 5.92 Å². The summed E-state index contributed by atoms with van der Waals surface area (Å²) in [6.07, 6.45) is 4.99. The topological polar surface area (TPSA) is 75.6 Å². The second kappa shape index (κ2) is 5.65. The van der Waals surface area contributed by atoms with Crippen molar-refractivity contribution < 1.29 is 13.6 Å². The molecule has 6 nitrogen and oxygen atoms in total. The number of nitrogens with zero attached hydrogens (tertiary/aromatic N) is 3. The molecule has 2 N–H and O–H groups in total. The number of halogens is 2. The average molecular weight is 345 g/mol. The lowest BCUT2D eigenvalue weighted by atomic mass is 9.81. The SMILES string of the molecule is C=C(CCn1cnc2cnc3[nH]ccc3c21)NC(=O)C1CC(F)(F)C1. The number of pyridine rings is 1. The number of hydrogen-bond donors (Lipinski definition) is 2. The lowest BCUT2D eigenvalue weighted by molar-refractivity contribution is -0.149. The highest BCUT2D eigenvalue weighted by molar-refractivity contribution is 6.00. The molecule has 0 bridgehead atoms. The van der Waals surface area contributed by atoms with E-state index in [0.717, 1.165) is 22.1 Å². The molecule has 1 saturated carbocycles. The molecule has 1 aliphatic carbocycles. The molecule has 3 heterocycles. The molecule has 3 aromatic rings. The van der Waals surface area contributed by atoms with Crippen LogP contribution in [-0.4, -0.2) is 31.3 Å². The molecule has 0 radical (unpaired) electrons. The number of rotatable bonds is 5. The lowest BCUT2D eigenvalue weighted by Crippen LogP contribution is -2.44. The van der Waals surface area contributed by atoms with Crippen molar-refractivity contribution in [3.05, 3.63) is 37.1 Å². The van der Waals surface area contributed by atoms with Gasteiger partial charge in [0.25, 0.3) is 0 Å². The maximum Gasteiger partial charge on any atom is 0.249 e. The number of H-pyrrole nitrogens is 1. The molecule has 0 spiro atoms. The zero-order valence-electron chi connectivity index (χ0n) is 13.4. The molecule has 8 heteroatoms. The first-order valence-electron chi connectivity index (χ1n) is 8.06. The van der Waals surface area contributed by atoms with Gasteiger partial charge in [0.05, 0.1) is 18.0 Å². The summed E-state index contributed by atoms with van der Waals surface area (Å²) in [4.78, 5) is 23.6. The van der Waals surface area contributed by atoms with Crippen LogP contribution in [0.2, 0.25) is 0 Å². The number of imidazole rings is 1. The van der Waals surface area contributed by atoms with Crippen LogP contribution < -0.4 is 5.32 Å². The van der Waals surface area contributed by atoms with E-state index in [9.17, 15) is 13.6 Å². The van der Waals surface area contributed by atoms with Crippen molar-refractivity contribution in [2.75, 3.05) is 0 Å². The van der Waals surface area contributed by atoms with E-state index in [4.69, 9.17) is 0 Å². The number of fused-ring (bicyclic) bond motifs is 3. The summed E-state index contributed by atoms with van der Waals surface area (Å²) in [6.45, 7) is 4.40. The maximum atomic E-state index is 12.8. The van der Waals surface area contributed by atoms with Crippen molar-refractivity contribution in [2.45, 2.75) is 31.7 Å². The third kappa shape index (κ3) is 2.88. The highest BCUT2D eigenvalue weighted by Gasteiger charge is 2.48. The number of carbonyl (C=O) groups is 1. The van der Waals surface area contributed by atoms with E-state index in [0.29, 0.717) is 18.7 Å². The average Bonchev–Trinajstić information content (AvgIpc) is 3.16. The summed E-state index contributed by atoms with van der Waals surface area (Å²) in [7, 11) is 0. The fourth-order valence-corrected chi connectivity index (χ4v) is 3.18. The molecule has 1 fully saturated rings. The molecular weight excluding hydrogens is 328 g/mol. The van der Waals surface area contributed by atoms with E-state index >= 15 is 0 Å². The van der Waals surface area contributed by atoms with Crippen LogP contribution in [0.25, 0.3) is 22.1 Å². The van der Waals surface area contributed by atoms with Crippen LogP contribution in [0.3, 0.4) is 0 Å². The van der Waals surface area contributed by atoms with Crippen molar-refractivity contribution in [3.63, 3.8) is 0 Å². The molecule has 130 valence electrons. The molecular formula is C17H17F2N5O. The predicted octanol–water partition coefficient (Wildman–Crippen LogP) is 2.98. The van der Waals surface area contributed by atoms with Gasteiger partial charge in [0.1, 0.15) is 11.2 Å². The highest BCUT2D eigenvalue weighted by atomic mass is 19.3. The van der Waals surface area contributed by atoms with Crippen LogP contribution in [-0.2, 0) is 11.3 Å². The minimum Gasteiger partial charge on any atom is -0.346 e. The van der Waals surface area contributed by atoms with Crippen molar-refractivity contribution in [3.8, 4) is 0 Å². The van der Waals surface area contributed by atoms with Gasteiger partial charge in [-0.25, -0.2) is 18.7 Å². The Kier molecular flexibility index (Phi) is 3.55. The zero-order valence-corrected chi connectivity index (χ0v) is 13.4. The van der Waals surface area contributed by atoms with Gasteiger partial charge in [0, 0.05) is 49.0 Å². The van der Waals surface area contributed by atoms with Crippen LogP contribution in [0.5, 0.6) is 0 Å². The monoisotopic (exact) mass is 345 g/mol. The number of nitrogens with one attached hydrogen (secondary N) is 2. The summed E-state index contributed by atoms with van der Waals surface area (Å²) in [5, 5.41) is 3.62. The summed E-state index contributed by atoms with van der Waals surface area (Å²) in [5.74, 6) is -3.69. The Labute approximate surface area is 141 Å². The summed E-state index contributed by atoms with van der Waals surface area (Å²) in [5.41, 5.74) is 3.05. The minimum atomic E-state index is -2.70. The molecule has 0 unspecified atom stereocenters. The smallest absolute Gasteiger partial charge is 0.249 e. The molecule has 1 amide bonds. The lowest BCUT2D eigenvalue weighted by Gasteiger charge is -2.33. The summed E-state index contributed by atoms with van der Waals surface area (Å²) < 4.78 is 27.7. The van der Waals surface area contributed by atoms with E-state index < -0.39 is 11.8 Å². The molecule has 0 saturated heterocycles. The highest BCUT2D eigenvalue weighted by Crippen LogP contribution is 2.42. The van der Waals surface area contributed by atoms with Crippen LogP contribution in [0.15, 0.2) is 37.1 Å². The van der Waals surface area contributed by atoms with E-state index in [1.165, 1.54) is 0 Å². The minimum absolute atomic E-state index is 0.372. The number of amides is 1. The zero-order chi connectivity index (χ0) is 17.6. The van der Waals surface area contributed by atoms with Gasteiger partial charge in [-0.15, -0.1) is 0 Å². The first kappa shape index (κ1) is 15.7. The molecule has 0 aromatic carbocycles. The summed E-state index contributed by atoms with van der Waals surface area (Å²) in [6, 6.07) is 1.94. The molecule has 3 aromatic heterocycles. The van der Waals surface area contributed by atoms with Crippen LogP contribution in [0, 0.1) is 5.92 Å². The number of aromatic nitrogens is 4. The predicted molar refractivity (Wildman–Crippen MR) is 89.0 cm³/mol. The Morgan fingerprint density at radius 2 is 2.24 bits per heavy atom. The molecule has 0 aliphatic heterocycles. The van der Waals surface area contributed by atoms with Crippen LogP contribution in [0.1, 0.15) is 19.3 Å². The van der Waals surface area contributed by atoms with Gasteiger partial charge in [-0.05, 0) is 6.07 Å². The van der Waals surface area contributed by atoms with Gasteiger partial charge in [-0.3, -0.25) is 4.79 Å². The Morgan fingerprint density at radius 3 is 3.00 bits per heavy atom.